The smallest absolute Gasteiger partial charge is 0.308 e. The predicted octanol–water partition coefficient (Wildman–Crippen LogP) is 5.31. The van der Waals surface area contributed by atoms with E-state index in [4.69, 9.17) is 9.84 Å². The Bertz CT molecular complexity index is 461. The van der Waals surface area contributed by atoms with E-state index in [9.17, 15) is 14.7 Å². The number of quaternary nitrogens is 1. The van der Waals surface area contributed by atoms with Crippen molar-refractivity contribution in [3.05, 3.63) is 0 Å². The van der Waals surface area contributed by atoms with Crippen LogP contribution in [-0.4, -0.2) is 66.5 Å². The Kier molecular flexibility index (Phi) is 17.8. The molecule has 6 heteroatoms. The van der Waals surface area contributed by atoms with Crippen LogP contribution in [0.1, 0.15) is 110 Å². The van der Waals surface area contributed by atoms with Crippen molar-refractivity contribution in [2.24, 2.45) is 0 Å². The van der Waals surface area contributed by atoms with E-state index in [0.717, 1.165) is 12.8 Å². The molecule has 0 amide bonds. The number of aliphatic carboxylic acids is 1. The quantitative estimate of drug-likeness (QED) is 0.142. The third-order valence-corrected chi connectivity index (χ3v) is 5.49. The SMILES string of the molecule is CCCCCCCCCCCCCCCC(O)CC(=O)O[C@@H](CC(=O)O)C[N+](C)(C)C. The highest BCUT2D eigenvalue weighted by molar-refractivity contribution is 5.71. The van der Waals surface area contributed by atoms with Crippen molar-refractivity contribution in [1.82, 2.24) is 0 Å². The maximum absolute atomic E-state index is 12.1. The van der Waals surface area contributed by atoms with Gasteiger partial charge in [-0.25, -0.2) is 0 Å². The molecule has 1 unspecified atom stereocenters. The first-order chi connectivity index (χ1) is 14.6. The molecule has 0 aliphatic carbocycles. The zero-order chi connectivity index (χ0) is 23.5. The van der Waals surface area contributed by atoms with E-state index in [0.29, 0.717) is 17.4 Å². The molecule has 0 bridgehead atoms. The standard InChI is InChI=1S/C25H49NO5/c1-5-6-7-8-9-10-11-12-13-14-15-16-17-18-22(27)19-25(30)31-23(20-24(28)29)21-26(2,3)4/h22-23,27H,5-21H2,1-4H3/p+1/t22?,23-/m0/s1. The van der Waals surface area contributed by atoms with Crippen molar-refractivity contribution < 1.29 is 29.0 Å². The Balaban J connectivity index is 3.74. The number of nitrogens with zero attached hydrogens (tertiary/aromatic N) is 1. The first kappa shape index (κ1) is 29.9. The molecule has 2 atom stereocenters. The van der Waals surface area contributed by atoms with E-state index in [1.807, 2.05) is 21.1 Å². The van der Waals surface area contributed by atoms with Crippen LogP contribution < -0.4 is 0 Å². The summed E-state index contributed by atoms with van der Waals surface area (Å²) in [6.45, 7) is 2.68. The molecule has 0 radical (unpaired) electrons. The molecular weight excluding hydrogens is 394 g/mol. The van der Waals surface area contributed by atoms with Gasteiger partial charge in [-0.3, -0.25) is 9.59 Å². The summed E-state index contributed by atoms with van der Waals surface area (Å²) >= 11 is 0. The van der Waals surface area contributed by atoms with E-state index in [1.54, 1.807) is 0 Å². The van der Waals surface area contributed by atoms with Gasteiger partial charge in [-0.15, -0.1) is 0 Å². The highest BCUT2D eigenvalue weighted by Crippen LogP contribution is 2.15. The maximum Gasteiger partial charge on any atom is 0.308 e. The number of esters is 1. The Morgan fingerprint density at radius 1 is 0.774 bits per heavy atom. The normalized spacial score (nSPS) is 13.7. The van der Waals surface area contributed by atoms with Gasteiger partial charge >= 0.3 is 11.9 Å². The van der Waals surface area contributed by atoms with Crippen LogP contribution in [-0.2, 0) is 14.3 Å². The maximum atomic E-state index is 12.1. The minimum atomic E-state index is -0.987. The van der Waals surface area contributed by atoms with Crippen molar-refractivity contribution in [2.45, 2.75) is 122 Å². The first-order valence-electron chi connectivity index (χ1n) is 12.5. The number of carboxylic acids is 1. The molecule has 0 saturated heterocycles. The van der Waals surface area contributed by atoms with Gasteiger partial charge in [-0.05, 0) is 6.42 Å². The third kappa shape index (κ3) is 21.9. The molecule has 0 fully saturated rings. The monoisotopic (exact) mass is 444 g/mol. The molecule has 31 heavy (non-hydrogen) atoms. The van der Waals surface area contributed by atoms with Gasteiger partial charge in [0, 0.05) is 0 Å². The second-order valence-electron chi connectivity index (χ2n) is 10.1. The zero-order valence-electron chi connectivity index (χ0n) is 20.7. The molecule has 6 nitrogen and oxygen atoms in total. The van der Waals surface area contributed by atoms with Gasteiger partial charge in [0.05, 0.1) is 40.1 Å². The van der Waals surface area contributed by atoms with Crippen LogP contribution in [0.4, 0.5) is 0 Å². The molecular formula is C25H50NO5+. The van der Waals surface area contributed by atoms with E-state index < -0.39 is 24.1 Å². The van der Waals surface area contributed by atoms with Crippen LogP contribution >= 0.6 is 0 Å². The molecule has 0 heterocycles. The summed E-state index contributed by atoms with van der Waals surface area (Å²) in [5.41, 5.74) is 0. The number of carbonyl (C=O) groups is 2. The van der Waals surface area contributed by atoms with E-state index in [2.05, 4.69) is 6.92 Å². The Morgan fingerprint density at radius 2 is 1.23 bits per heavy atom. The van der Waals surface area contributed by atoms with Gasteiger partial charge < -0.3 is 19.4 Å². The molecule has 0 aromatic heterocycles. The summed E-state index contributed by atoms with van der Waals surface area (Å²) < 4.78 is 5.84. The van der Waals surface area contributed by atoms with Gasteiger partial charge in [-0.1, -0.05) is 90.4 Å². The Morgan fingerprint density at radius 3 is 1.65 bits per heavy atom. The highest BCUT2D eigenvalue weighted by Gasteiger charge is 2.25. The minimum Gasteiger partial charge on any atom is -0.481 e. The Hall–Kier alpha value is -1.14. The number of unbranched alkanes of at least 4 members (excludes halogenated alkanes) is 12. The van der Waals surface area contributed by atoms with Crippen molar-refractivity contribution >= 4 is 11.9 Å². The van der Waals surface area contributed by atoms with Crippen molar-refractivity contribution in [3.8, 4) is 0 Å². The lowest BCUT2D eigenvalue weighted by molar-refractivity contribution is -0.873. The molecule has 184 valence electrons. The summed E-state index contributed by atoms with van der Waals surface area (Å²) in [6.07, 6.45) is 15.5. The fourth-order valence-corrected chi connectivity index (χ4v) is 3.88. The van der Waals surface area contributed by atoms with Crippen LogP contribution in [0.15, 0.2) is 0 Å². The average molecular weight is 445 g/mol. The molecule has 0 aromatic carbocycles. The summed E-state index contributed by atoms with van der Waals surface area (Å²) in [5.74, 6) is -1.50. The van der Waals surface area contributed by atoms with Gasteiger partial charge in [-0.2, -0.15) is 0 Å². The van der Waals surface area contributed by atoms with Crippen LogP contribution in [0.25, 0.3) is 0 Å². The van der Waals surface area contributed by atoms with E-state index in [-0.39, 0.29) is 12.8 Å². The number of aliphatic hydroxyl groups is 1. The summed E-state index contributed by atoms with van der Waals surface area (Å²) in [4.78, 5) is 23.1. The van der Waals surface area contributed by atoms with Crippen molar-refractivity contribution in [3.63, 3.8) is 0 Å². The zero-order valence-corrected chi connectivity index (χ0v) is 20.7. The topological polar surface area (TPSA) is 83.8 Å². The molecule has 0 spiro atoms. The number of aliphatic hydroxyl groups excluding tert-OH is 1. The van der Waals surface area contributed by atoms with Gasteiger partial charge in [0.25, 0.3) is 0 Å². The number of ether oxygens (including phenoxy) is 1. The fraction of sp³-hybridized carbons (Fsp3) is 0.920. The second-order valence-corrected chi connectivity index (χ2v) is 10.1. The molecule has 0 aromatic rings. The van der Waals surface area contributed by atoms with Crippen LogP contribution in [0.5, 0.6) is 0 Å². The third-order valence-electron chi connectivity index (χ3n) is 5.49. The number of hydrogen-bond donors (Lipinski definition) is 2. The number of carboxylic acid groups (broad SMARTS) is 1. The van der Waals surface area contributed by atoms with Crippen LogP contribution in [0.2, 0.25) is 0 Å². The molecule has 2 N–H and O–H groups in total. The summed E-state index contributed by atoms with van der Waals surface area (Å²) in [7, 11) is 5.77. The lowest BCUT2D eigenvalue weighted by Crippen LogP contribution is -2.44. The van der Waals surface area contributed by atoms with E-state index in [1.165, 1.54) is 70.6 Å². The van der Waals surface area contributed by atoms with Gasteiger partial charge in [0.1, 0.15) is 6.54 Å². The molecule has 0 rings (SSSR count). The van der Waals surface area contributed by atoms with Crippen molar-refractivity contribution in [2.75, 3.05) is 27.7 Å². The first-order valence-corrected chi connectivity index (χ1v) is 12.5. The van der Waals surface area contributed by atoms with Crippen LogP contribution in [0, 0.1) is 0 Å². The van der Waals surface area contributed by atoms with Crippen LogP contribution in [0.3, 0.4) is 0 Å². The highest BCUT2D eigenvalue weighted by atomic mass is 16.5. The molecule has 0 saturated carbocycles. The average Bonchev–Trinajstić information content (AvgIpc) is 2.63. The number of carbonyl (C=O) groups excluding carboxylic acids is 1. The molecule has 0 aliphatic rings. The number of rotatable bonds is 21. The summed E-state index contributed by atoms with van der Waals surface area (Å²) in [5, 5.41) is 19.1. The van der Waals surface area contributed by atoms with E-state index >= 15 is 0 Å². The number of hydrogen-bond acceptors (Lipinski definition) is 4. The Labute approximate surface area is 190 Å². The lowest BCUT2D eigenvalue weighted by Gasteiger charge is -2.28. The lowest BCUT2D eigenvalue weighted by atomic mass is 10.0. The fourth-order valence-electron chi connectivity index (χ4n) is 3.88. The summed E-state index contributed by atoms with van der Waals surface area (Å²) in [6, 6.07) is 0. The molecule has 0 aliphatic heterocycles. The van der Waals surface area contributed by atoms with Gasteiger partial charge in [0.2, 0.25) is 0 Å². The second kappa shape index (κ2) is 18.4. The van der Waals surface area contributed by atoms with Crippen molar-refractivity contribution in [1.29, 1.82) is 0 Å². The van der Waals surface area contributed by atoms with Gasteiger partial charge in [0.15, 0.2) is 6.10 Å². The number of likely N-dealkylation sites (N-methyl/N-ethyl adjacent to an activating group) is 1. The predicted molar refractivity (Wildman–Crippen MR) is 126 cm³/mol. The minimum absolute atomic E-state index is 0.0640. The largest absolute Gasteiger partial charge is 0.481 e.